The van der Waals surface area contributed by atoms with E-state index in [0.29, 0.717) is 18.3 Å². The molecule has 2 heterocycles. The Hall–Kier alpha value is -1.08. The van der Waals surface area contributed by atoms with Crippen LogP contribution < -0.4 is 0 Å². The van der Waals surface area contributed by atoms with Crippen LogP contribution in [0.4, 0.5) is 0 Å². The molecule has 0 spiro atoms. The number of hydrogen-bond acceptors (Lipinski definition) is 5. The van der Waals surface area contributed by atoms with Crippen LogP contribution in [0.3, 0.4) is 0 Å². The number of amides is 1. The zero-order valence-corrected chi connectivity index (χ0v) is 11.6. The summed E-state index contributed by atoms with van der Waals surface area (Å²) in [7, 11) is 0. The lowest BCUT2D eigenvalue weighted by Gasteiger charge is -2.15. The van der Waals surface area contributed by atoms with E-state index >= 15 is 0 Å². The number of hydrogen-bond donors (Lipinski definition) is 1. The molecular weight excluding hydrogens is 264 g/mol. The highest BCUT2D eigenvalue weighted by Crippen LogP contribution is 2.37. The summed E-state index contributed by atoms with van der Waals surface area (Å²) in [5.74, 6) is 0.791. The van der Waals surface area contributed by atoms with Crippen LogP contribution in [-0.4, -0.2) is 56.1 Å². The van der Waals surface area contributed by atoms with E-state index < -0.39 is 0 Å². The number of rotatable bonds is 5. The first-order chi connectivity index (χ1) is 9.28. The summed E-state index contributed by atoms with van der Waals surface area (Å²) in [4.78, 5) is 13.9. The Morgan fingerprint density at radius 1 is 1.47 bits per heavy atom. The van der Waals surface area contributed by atoms with Gasteiger partial charge in [-0.1, -0.05) is 11.8 Å². The molecule has 0 radical (unpaired) electrons. The third-order valence-corrected chi connectivity index (χ3v) is 4.64. The highest BCUT2D eigenvalue weighted by molar-refractivity contribution is 7.99. The van der Waals surface area contributed by atoms with Crippen LogP contribution in [0, 0.1) is 5.92 Å². The molecule has 3 rings (SSSR count). The second kappa shape index (κ2) is 5.50. The number of aliphatic hydroxyl groups excluding tert-OH is 1. The van der Waals surface area contributed by atoms with Crippen LogP contribution in [0.2, 0.25) is 0 Å². The van der Waals surface area contributed by atoms with Crippen molar-refractivity contribution in [1.82, 2.24) is 19.7 Å². The van der Waals surface area contributed by atoms with Gasteiger partial charge < -0.3 is 14.6 Å². The SMILES string of the molecule is O=C(CSc1nncn1C1CC1)N1CCC(CO)C1. The Morgan fingerprint density at radius 2 is 2.32 bits per heavy atom. The maximum absolute atomic E-state index is 12.1. The van der Waals surface area contributed by atoms with Crippen LogP contribution in [-0.2, 0) is 4.79 Å². The largest absolute Gasteiger partial charge is 0.396 e. The molecule has 0 bridgehead atoms. The summed E-state index contributed by atoms with van der Waals surface area (Å²) in [6.07, 6.45) is 5.03. The van der Waals surface area contributed by atoms with Crippen molar-refractivity contribution >= 4 is 17.7 Å². The van der Waals surface area contributed by atoms with Gasteiger partial charge in [0.1, 0.15) is 6.33 Å². The quantitative estimate of drug-likeness (QED) is 0.798. The Morgan fingerprint density at radius 3 is 3.00 bits per heavy atom. The van der Waals surface area contributed by atoms with Gasteiger partial charge in [0, 0.05) is 31.7 Å². The van der Waals surface area contributed by atoms with Gasteiger partial charge in [-0.05, 0) is 19.3 Å². The lowest BCUT2D eigenvalue weighted by Crippen LogP contribution is -2.30. The summed E-state index contributed by atoms with van der Waals surface area (Å²) in [6, 6.07) is 0.540. The average molecular weight is 282 g/mol. The van der Waals surface area contributed by atoms with Crippen LogP contribution in [0.25, 0.3) is 0 Å². The van der Waals surface area contributed by atoms with E-state index in [1.165, 1.54) is 24.6 Å². The number of nitrogens with zero attached hydrogens (tertiary/aromatic N) is 4. The smallest absolute Gasteiger partial charge is 0.233 e. The monoisotopic (exact) mass is 282 g/mol. The fourth-order valence-corrected chi connectivity index (χ4v) is 3.25. The Labute approximate surface area is 116 Å². The topological polar surface area (TPSA) is 71.2 Å². The molecule has 6 nitrogen and oxygen atoms in total. The molecule has 2 aliphatic rings. The average Bonchev–Trinajstić information content (AvgIpc) is 2.98. The predicted octanol–water partition coefficient (Wildman–Crippen LogP) is 0.546. The van der Waals surface area contributed by atoms with Crippen molar-refractivity contribution in [2.45, 2.75) is 30.5 Å². The van der Waals surface area contributed by atoms with E-state index in [1.807, 2.05) is 4.90 Å². The fourth-order valence-electron chi connectivity index (χ4n) is 2.36. The molecular formula is C12H18N4O2S. The maximum Gasteiger partial charge on any atom is 0.233 e. The number of thioether (sulfide) groups is 1. The fraction of sp³-hybridized carbons (Fsp3) is 0.750. The van der Waals surface area contributed by atoms with Crippen LogP contribution >= 0.6 is 11.8 Å². The van der Waals surface area contributed by atoms with E-state index in [1.54, 1.807) is 6.33 Å². The molecule has 1 aliphatic carbocycles. The van der Waals surface area contributed by atoms with Crippen LogP contribution in [0.15, 0.2) is 11.5 Å². The number of aromatic nitrogens is 3. The second-order valence-corrected chi connectivity index (χ2v) is 6.16. The summed E-state index contributed by atoms with van der Waals surface area (Å²) in [5.41, 5.74) is 0. The van der Waals surface area contributed by atoms with E-state index in [9.17, 15) is 4.79 Å². The molecule has 1 saturated heterocycles. The van der Waals surface area contributed by atoms with Gasteiger partial charge in [0.15, 0.2) is 5.16 Å². The van der Waals surface area contributed by atoms with Crippen molar-refractivity contribution < 1.29 is 9.90 Å². The molecule has 1 unspecified atom stereocenters. The van der Waals surface area contributed by atoms with Gasteiger partial charge in [-0.15, -0.1) is 10.2 Å². The van der Waals surface area contributed by atoms with Crippen molar-refractivity contribution in [1.29, 1.82) is 0 Å². The van der Waals surface area contributed by atoms with E-state index in [2.05, 4.69) is 14.8 Å². The van der Waals surface area contributed by atoms with E-state index in [-0.39, 0.29) is 18.4 Å². The molecule has 0 aromatic carbocycles. The minimum Gasteiger partial charge on any atom is -0.396 e. The number of carbonyl (C=O) groups excluding carboxylic acids is 1. The molecule has 104 valence electrons. The minimum absolute atomic E-state index is 0.131. The van der Waals surface area contributed by atoms with Gasteiger partial charge in [-0.3, -0.25) is 4.79 Å². The first-order valence-corrected chi connectivity index (χ1v) is 7.67. The molecule has 7 heteroatoms. The van der Waals surface area contributed by atoms with Crippen molar-refractivity contribution in [3.63, 3.8) is 0 Å². The van der Waals surface area contributed by atoms with E-state index in [0.717, 1.165) is 18.1 Å². The van der Waals surface area contributed by atoms with Gasteiger partial charge in [-0.2, -0.15) is 0 Å². The number of aliphatic hydroxyl groups is 1. The molecule has 1 aromatic heterocycles. The van der Waals surface area contributed by atoms with Crippen molar-refractivity contribution in [2.75, 3.05) is 25.4 Å². The van der Waals surface area contributed by atoms with Gasteiger partial charge in [0.2, 0.25) is 5.91 Å². The summed E-state index contributed by atoms with van der Waals surface area (Å²) >= 11 is 1.46. The second-order valence-electron chi connectivity index (χ2n) is 5.22. The summed E-state index contributed by atoms with van der Waals surface area (Å²) in [6.45, 7) is 1.62. The molecule has 2 fully saturated rings. The highest BCUT2D eigenvalue weighted by Gasteiger charge is 2.28. The van der Waals surface area contributed by atoms with Crippen molar-refractivity contribution in [3.8, 4) is 0 Å². The zero-order valence-electron chi connectivity index (χ0n) is 10.7. The third kappa shape index (κ3) is 2.92. The Bertz CT molecular complexity index is 460. The Kier molecular flexibility index (Phi) is 3.74. The molecule has 1 saturated carbocycles. The highest BCUT2D eigenvalue weighted by atomic mass is 32.2. The number of carbonyl (C=O) groups is 1. The first kappa shape index (κ1) is 12.9. The van der Waals surface area contributed by atoms with Gasteiger partial charge in [0.05, 0.1) is 5.75 Å². The van der Waals surface area contributed by atoms with Crippen molar-refractivity contribution in [2.24, 2.45) is 5.92 Å². The van der Waals surface area contributed by atoms with Gasteiger partial charge >= 0.3 is 0 Å². The lowest BCUT2D eigenvalue weighted by atomic mass is 10.1. The van der Waals surface area contributed by atoms with Crippen LogP contribution in [0.5, 0.6) is 0 Å². The molecule has 19 heavy (non-hydrogen) atoms. The lowest BCUT2D eigenvalue weighted by molar-refractivity contribution is -0.127. The number of likely N-dealkylation sites (tertiary alicyclic amines) is 1. The predicted molar refractivity (Wildman–Crippen MR) is 70.8 cm³/mol. The standard InChI is InChI=1S/C12H18N4O2S/c17-6-9-3-4-15(5-9)11(18)7-19-12-14-13-8-16(12)10-1-2-10/h8-10,17H,1-7H2. The van der Waals surface area contributed by atoms with Gasteiger partial charge in [-0.25, -0.2) is 0 Å². The normalized spacial score (nSPS) is 23.0. The first-order valence-electron chi connectivity index (χ1n) is 6.69. The molecule has 1 amide bonds. The molecule has 1 aromatic rings. The third-order valence-electron chi connectivity index (χ3n) is 3.70. The van der Waals surface area contributed by atoms with Gasteiger partial charge in [0.25, 0.3) is 0 Å². The molecule has 1 aliphatic heterocycles. The molecule has 1 atom stereocenters. The zero-order chi connectivity index (χ0) is 13.2. The Balaban J connectivity index is 1.51. The van der Waals surface area contributed by atoms with E-state index in [4.69, 9.17) is 5.11 Å². The van der Waals surface area contributed by atoms with Crippen molar-refractivity contribution in [3.05, 3.63) is 6.33 Å². The molecule has 1 N–H and O–H groups in total. The summed E-state index contributed by atoms with van der Waals surface area (Å²) in [5, 5.41) is 17.9. The summed E-state index contributed by atoms with van der Waals surface area (Å²) < 4.78 is 2.07. The van der Waals surface area contributed by atoms with Crippen LogP contribution in [0.1, 0.15) is 25.3 Å². The maximum atomic E-state index is 12.1. The minimum atomic E-state index is 0.131.